The smallest absolute Gasteiger partial charge is 0.243 e. The van der Waals surface area contributed by atoms with Gasteiger partial charge in [-0.1, -0.05) is 12.1 Å². The van der Waals surface area contributed by atoms with Crippen molar-refractivity contribution in [2.24, 2.45) is 0 Å². The van der Waals surface area contributed by atoms with Gasteiger partial charge in [-0.05, 0) is 30.3 Å². The minimum atomic E-state index is -0.659. The standard InChI is InChI=1S/C15H11F2N3O/c16-10-3-1-4-11(7-10)20-15(21)9-19-14-6-2-5-13(17)12(14)8-18/h1-7,19H,9H2,(H,20,21). The number of anilines is 2. The van der Waals surface area contributed by atoms with Gasteiger partial charge in [-0.2, -0.15) is 5.26 Å². The highest BCUT2D eigenvalue weighted by molar-refractivity contribution is 5.93. The van der Waals surface area contributed by atoms with Crippen molar-refractivity contribution in [2.75, 3.05) is 17.2 Å². The largest absolute Gasteiger partial charge is 0.375 e. The predicted molar refractivity (Wildman–Crippen MR) is 74.6 cm³/mol. The summed E-state index contributed by atoms with van der Waals surface area (Å²) in [4.78, 5) is 11.7. The number of hydrogen-bond donors (Lipinski definition) is 2. The second kappa shape index (κ2) is 6.48. The number of rotatable bonds is 4. The monoisotopic (exact) mass is 287 g/mol. The molecule has 2 aromatic carbocycles. The molecule has 0 aliphatic rings. The molecule has 4 nitrogen and oxygen atoms in total. The second-order valence-corrected chi connectivity index (χ2v) is 4.19. The van der Waals surface area contributed by atoms with Crippen molar-refractivity contribution in [3.05, 3.63) is 59.7 Å². The Hall–Kier alpha value is -2.94. The zero-order chi connectivity index (χ0) is 15.2. The topological polar surface area (TPSA) is 64.9 Å². The van der Waals surface area contributed by atoms with Crippen LogP contribution in [0.2, 0.25) is 0 Å². The van der Waals surface area contributed by atoms with E-state index >= 15 is 0 Å². The van der Waals surface area contributed by atoms with E-state index < -0.39 is 17.5 Å². The van der Waals surface area contributed by atoms with Crippen molar-refractivity contribution in [2.45, 2.75) is 0 Å². The molecule has 0 aromatic heterocycles. The van der Waals surface area contributed by atoms with Crippen molar-refractivity contribution < 1.29 is 13.6 Å². The van der Waals surface area contributed by atoms with E-state index in [9.17, 15) is 13.6 Å². The highest BCUT2D eigenvalue weighted by Crippen LogP contribution is 2.17. The molecule has 0 spiro atoms. The SMILES string of the molecule is N#Cc1c(F)cccc1NCC(=O)Nc1cccc(F)c1. The average Bonchev–Trinajstić information content (AvgIpc) is 2.45. The van der Waals surface area contributed by atoms with Crippen LogP contribution in [0, 0.1) is 23.0 Å². The minimum Gasteiger partial charge on any atom is -0.375 e. The van der Waals surface area contributed by atoms with Gasteiger partial charge in [0, 0.05) is 5.69 Å². The van der Waals surface area contributed by atoms with Crippen molar-refractivity contribution in [3.63, 3.8) is 0 Å². The van der Waals surface area contributed by atoms with Gasteiger partial charge < -0.3 is 10.6 Å². The Morgan fingerprint density at radius 1 is 1.19 bits per heavy atom. The molecule has 0 fully saturated rings. The van der Waals surface area contributed by atoms with E-state index in [1.807, 2.05) is 0 Å². The first-order valence-corrected chi connectivity index (χ1v) is 6.08. The van der Waals surface area contributed by atoms with Crippen LogP contribution in [-0.2, 0) is 4.79 Å². The molecule has 0 radical (unpaired) electrons. The van der Waals surface area contributed by atoms with Gasteiger partial charge >= 0.3 is 0 Å². The lowest BCUT2D eigenvalue weighted by molar-refractivity contribution is -0.114. The molecule has 106 valence electrons. The molecular weight excluding hydrogens is 276 g/mol. The zero-order valence-corrected chi connectivity index (χ0v) is 10.9. The number of carbonyl (C=O) groups excluding carboxylic acids is 1. The van der Waals surface area contributed by atoms with Crippen molar-refractivity contribution in [1.29, 1.82) is 5.26 Å². The van der Waals surface area contributed by atoms with E-state index in [0.717, 1.165) is 6.07 Å². The molecule has 21 heavy (non-hydrogen) atoms. The van der Waals surface area contributed by atoms with Crippen LogP contribution in [0.3, 0.4) is 0 Å². The van der Waals surface area contributed by atoms with Crippen LogP contribution in [0.1, 0.15) is 5.56 Å². The maximum atomic E-state index is 13.4. The molecule has 6 heteroatoms. The lowest BCUT2D eigenvalue weighted by Gasteiger charge is -2.09. The molecule has 0 saturated carbocycles. The molecule has 0 atom stereocenters. The van der Waals surface area contributed by atoms with Gasteiger partial charge in [0.05, 0.1) is 12.2 Å². The van der Waals surface area contributed by atoms with Gasteiger partial charge in [0.25, 0.3) is 0 Å². The number of nitriles is 1. The Morgan fingerprint density at radius 2 is 1.95 bits per heavy atom. The van der Waals surface area contributed by atoms with E-state index in [2.05, 4.69) is 10.6 Å². The van der Waals surface area contributed by atoms with Crippen molar-refractivity contribution in [3.8, 4) is 6.07 Å². The fourth-order valence-corrected chi connectivity index (χ4v) is 1.73. The number of nitrogens with zero attached hydrogens (tertiary/aromatic N) is 1. The van der Waals surface area contributed by atoms with E-state index in [1.165, 1.54) is 30.3 Å². The Kier molecular flexibility index (Phi) is 4.46. The first-order chi connectivity index (χ1) is 10.1. The molecule has 1 amide bonds. The number of benzene rings is 2. The fraction of sp³-hybridized carbons (Fsp3) is 0.0667. The maximum Gasteiger partial charge on any atom is 0.243 e. The van der Waals surface area contributed by atoms with Crippen LogP contribution in [-0.4, -0.2) is 12.5 Å². The summed E-state index contributed by atoms with van der Waals surface area (Å²) in [7, 11) is 0. The number of hydrogen-bond acceptors (Lipinski definition) is 3. The summed E-state index contributed by atoms with van der Waals surface area (Å²) in [5, 5.41) is 14.0. The molecule has 0 bridgehead atoms. The van der Waals surface area contributed by atoms with Crippen LogP contribution in [0.4, 0.5) is 20.2 Å². The number of amides is 1. The van der Waals surface area contributed by atoms with Gasteiger partial charge in [-0.25, -0.2) is 8.78 Å². The molecular formula is C15H11F2N3O. The van der Waals surface area contributed by atoms with Crippen LogP contribution >= 0.6 is 0 Å². The summed E-state index contributed by atoms with van der Waals surface area (Å²) in [6.07, 6.45) is 0. The summed E-state index contributed by atoms with van der Waals surface area (Å²) >= 11 is 0. The third-order valence-electron chi connectivity index (χ3n) is 2.67. The highest BCUT2D eigenvalue weighted by Gasteiger charge is 2.09. The highest BCUT2D eigenvalue weighted by atomic mass is 19.1. The molecule has 0 aliphatic carbocycles. The van der Waals surface area contributed by atoms with Gasteiger partial charge in [-0.3, -0.25) is 4.79 Å². The second-order valence-electron chi connectivity index (χ2n) is 4.19. The lowest BCUT2D eigenvalue weighted by atomic mass is 10.2. The molecule has 0 saturated heterocycles. The zero-order valence-electron chi connectivity index (χ0n) is 10.9. The summed E-state index contributed by atoms with van der Waals surface area (Å²) in [5.74, 6) is -1.56. The van der Waals surface area contributed by atoms with Gasteiger partial charge in [0.1, 0.15) is 23.3 Å². The predicted octanol–water partition coefficient (Wildman–Crippen LogP) is 2.89. The van der Waals surface area contributed by atoms with E-state index in [4.69, 9.17) is 5.26 Å². The summed E-state index contributed by atoms with van der Waals surface area (Å²) in [6.45, 7) is -0.172. The van der Waals surface area contributed by atoms with Gasteiger partial charge in [0.15, 0.2) is 0 Å². The molecule has 0 heterocycles. The lowest BCUT2D eigenvalue weighted by Crippen LogP contribution is -2.22. The summed E-state index contributed by atoms with van der Waals surface area (Å²) in [6, 6.07) is 11.3. The van der Waals surface area contributed by atoms with Crippen LogP contribution < -0.4 is 10.6 Å². The van der Waals surface area contributed by atoms with Gasteiger partial charge in [0.2, 0.25) is 5.91 Å². The quantitative estimate of drug-likeness (QED) is 0.908. The Morgan fingerprint density at radius 3 is 2.67 bits per heavy atom. The third kappa shape index (κ3) is 3.76. The minimum absolute atomic E-state index is 0.156. The third-order valence-corrected chi connectivity index (χ3v) is 2.67. The average molecular weight is 287 g/mol. The number of carbonyl (C=O) groups is 1. The van der Waals surface area contributed by atoms with E-state index in [0.29, 0.717) is 5.69 Å². The van der Waals surface area contributed by atoms with E-state index in [-0.39, 0.29) is 17.8 Å². The maximum absolute atomic E-state index is 13.4. The Bertz CT molecular complexity index is 710. The van der Waals surface area contributed by atoms with Crippen molar-refractivity contribution >= 4 is 17.3 Å². The molecule has 2 N–H and O–H groups in total. The molecule has 0 aliphatic heterocycles. The van der Waals surface area contributed by atoms with Crippen LogP contribution in [0.25, 0.3) is 0 Å². The van der Waals surface area contributed by atoms with Crippen LogP contribution in [0.15, 0.2) is 42.5 Å². The van der Waals surface area contributed by atoms with Crippen molar-refractivity contribution in [1.82, 2.24) is 0 Å². The first-order valence-electron chi connectivity index (χ1n) is 6.08. The Labute approximate surface area is 120 Å². The number of halogens is 2. The molecule has 2 aromatic rings. The molecule has 2 rings (SSSR count). The van der Waals surface area contributed by atoms with Gasteiger partial charge in [-0.15, -0.1) is 0 Å². The fourth-order valence-electron chi connectivity index (χ4n) is 1.73. The Balaban J connectivity index is 1.99. The van der Waals surface area contributed by atoms with E-state index in [1.54, 1.807) is 12.1 Å². The number of nitrogens with one attached hydrogen (secondary N) is 2. The first kappa shape index (κ1) is 14.5. The summed E-state index contributed by atoms with van der Waals surface area (Å²) in [5.41, 5.74) is 0.393. The summed E-state index contributed by atoms with van der Waals surface area (Å²) < 4.78 is 26.3. The molecule has 0 unspecified atom stereocenters. The van der Waals surface area contributed by atoms with Crippen LogP contribution in [0.5, 0.6) is 0 Å². The normalized spacial score (nSPS) is 9.76.